The number of methoxy groups -OCH3 is 1. The number of nitrogens with zero attached hydrogens (tertiary/aromatic N) is 3. The number of ether oxygens (including phenoxy) is 1. The summed E-state index contributed by atoms with van der Waals surface area (Å²) in [5.41, 5.74) is 3.16. The Kier molecular flexibility index (Phi) is 5.69. The van der Waals surface area contributed by atoms with Gasteiger partial charge in [-0.1, -0.05) is 36.4 Å². The molecule has 26 heavy (non-hydrogen) atoms. The summed E-state index contributed by atoms with van der Waals surface area (Å²) in [5, 5.41) is 3.40. The molecule has 3 aromatic rings. The molecular weight excluding hydrogens is 324 g/mol. The van der Waals surface area contributed by atoms with Gasteiger partial charge in [0.15, 0.2) is 0 Å². The third kappa shape index (κ3) is 4.30. The van der Waals surface area contributed by atoms with Gasteiger partial charge in [-0.2, -0.15) is 4.98 Å². The molecule has 0 fully saturated rings. The van der Waals surface area contributed by atoms with Gasteiger partial charge in [0.1, 0.15) is 11.6 Å². The summed E-state index contributed by atoms with van der Waals surface area (Å²) in [6, 6.07) is 20.1. The highest BCUT2D eigenvalue weighted by Gasteiger charge is 2.09. The van der Waals surface area contributed by atoms with Crippen LogP contribution in [0.2, 0.25) is 0 Å². The van der Waals surface area contributed by atoms with Crippen LogP contribution in [0.4, 0.5) is 17.5 Å². The predicted molar refractivity (Wildman–Crippen MR) is 106 cm³/mol. The molecule has 0 aliphatic heterocycles. The number of para-hydroxylation sites is 2. The smallest absolute Gasteiger partial charge is 0.231 e. The number of rotatable bonds is 7. The summed E-state index contributed by atoms with van der Waals surface area (Å²) in [7, 11) is 3.68. The summed E-state index contributed by atoms with van der Waals surface area (Å²) >= 11 is 0. The van der Waals surface area contributed by atoms with Gasteiger partial charge in [-0.25, -0.2) is 4.98 Å². The van der Waals surface area contributed by atoms with Crippen molar-refractivity contribution in [2.75, 3.05) is 30.9 Å². The standard InChI is InChI=1S/C21H24N4O/c1-16-15-20(22-14-13-17-9-7-8-12-19(17)26-3)24-21(23-16)25(2)18-10-5-4-6-11-18/h4-12,15H,13-14H2,1-3H3,(H,22,23,24). The molecule has 0 aliphatic carbocycles. The first-order valence-corrected chi connectivity index (χ1v) is 8.67. The second kappa shape index (κ2) is 8.34. The Morgan fingerprint density at radius 2 is 1.73 bits per heavy atom. The topological polar surface area (TPSA) is 50.3 Å². The van der Waals surface area contributed by atoms with E-state index >= 15 is 0 Å². The van der Waals surface area contributed by atoms with Crippen molar-refractivity contribution in [1.29, 1.82) is 0 Å². The molecule has 1 aromatic heterocycles. The molecule has 0 atom stereocenters. The van der Waals surface area contributed by atoms with Crippen molar-refractivity contribution < 1.29 is 4.74 Å². The molecule has 5 nitrogen and oxygen atoms in total. The molecule has 0 saturated heterocycles. The van der Waals surface area contributed by atoms with E-state index in [0.29, 0.717) is 5.95 Å². The van der Waals surface area contributed by atoms with E-state index in [-0.39, 0.29) is 0 Å². The number of aromatic nitrogens is 2. The normalized spacial score (nSPS) is 10.4. The minimum atomic E-state index is 0.677. The lowest BCUT2D eigenvalue weighted by Gasteiger charge is -2.18. The monoisotopic (exact) mass is 348 g/mol. The molecule has 0 unspecified atom stereocenters. The Labute approximate surface area is 154 Å². The maximum Gasteiger partial charge on any atom is 0.231 e. The molecule has 1 N–H and O–H groups in total. The average Bonchev–Trinajstić information content (AvgIpc) is 2.68. The van der Waals surface area contributed by atoms with Crippen LogP contribution in [-0.2, 0) is 6.42 Å². The van der Waals surface area contributed by atoms with Gasteiger partial charge in [0, 0.05) is 31.0 Å². The maximum absolute atomic E-state index is 5.41. The first kappa shape index (κ1) is 17.7. The molecule has 0 spiro atoms. The summed E-state index contributed by atoms with van der Waals surface area (Å²) in [6.45, 7) is 2.75. The Balaban J connectivity index is 1.70. The van der Waals surface area contributed by atoms with E-state index in [9.17, 15) is 0 Å². The third-order valence-corrected chi connectivity index (χ3v) is 4.18. The Bertz CT molecular complexity index is 852. The zero-order chi connectivity index (χ0) is 18.4. The van der Waals surface area contributed by atoms with E-state index in [2.05, 4.69) is 21.4 Å². The van der Waals surface area contributed by atoms with E-state index in [4.69, 9.17) is 4.74 Å². The summed E-state index contributed by atoms with van der Waals surface area (Å²) in [5.74, 6) is 2.42. The lowest BCUT2D eigenvalue weighted by molar-refractivity contribution is 0.410. The minimum absolute atomic E-state index is 0.677. The quantitative estimate of drug-likeness (QED) is 0.693. The van der Waals surface area contributed by atoms with Crippen molar-refractivity contribution in [3.63, 3.8) is 0 Å². The Hall–Kier alpha value is -3.08. The second-order valence-corrected chi connectivity index (χ2v) is 6.08. The fourth-order valence-electron chi connectivity index (χ4n) is 2.80. The summed E-state index contributed by atoms with van der Waals surface area (Å²) in [6.07, 6.45) is 0.858. The van der Waals surface area contributed by atoms with Crippen molar-refractivity contribution in [3.05, 3.63) is 71.9 Å². The Morgan fingerprint density at radius 3 is 2.50 bits per heavy atom. The van der Waals surface area contributed by atoms with Crippen LogP contribution in [0.3, 0.4) is 0 Å². The second-order valence-electron chi connectivity index (χ2n) is 6.08. The number of hydrogen-bond acceptors (Lipinski definition) is 5. The minimum Gasteiger partial charge on any atom is -0.496 e. The maximum atomic E-state index is 5.41. The van der Waals surface area contributed by atoms with Crippen LogP contribution < -0.4 is 15.0 Å². The molecule has 5 heteroatoms. The SMILES string of the molecule is COc1ccccc1CCNc1cc(C)nc(N(C)c2ccccc2)n1. The zero-order valence-corrected chi connectivity index (χ0v) is 15.4. The molecular formula is C21H24N4O. The van der Waals surface area contributed by atoms with Crippen LogP contribution in [0.1, 0.15) is 11.3 Å². The molecule has 2 aromatic carbocycles. The van der Waals surface area contributed by atoms with Gasteiger partial charge in [0.25, 0.3) is 0 Å². The van der Waals surface area contributed by atoms with E-state index in [1.54, 1.807) is 7.11 Å². The van der Waals surface area contributed by atoms with Crippen molar-refractivity contribution in [2.24, 2.45) is 0 Å². The molecule has 0 amide bonds. The third-order valence-electron chi connectivity index (χ3n) is 4.18. The fourth-order valence-corrected chi connectivity index (χ4v) is 2.80. The van der Waals surface area contributed by atoms with Gasteiger partial charge in [-0.05, 0) is 37.1 Å². The highest BCUT2D eigenvalue weighted by molar-refractivity contribution is 5.57. The number of benzene rings is 2. The fraction of sp³-hybridized carbons (Fsp3) is 0.238. The van der Waals surface area contributed by atoms with Gasteiger partial charge in [0.05, 0.1) is 7.11 Å². The molecule has 1 heterocycles. The highest BCUT2D eigenvalue weighted by Crippen LogP contribution is 2.22. The lowest BCUT2D eigenvalue weighted by Crippen LogP contribution is -2.15. The number of nitrogens with one attached hydrogen (secondary N) is 1. The molecule has 0 bridgehead atoms. The average molecular weight is 348 g/mol. The first-order chi connectivity index (χ1) is 12.7. The van der Waals surface area contributed by atoms with Gasteiger partial charge in [-0.3, -0.25) is 0 Å². The molecule has 0 radical (unpaired) electrons. The summed E-state index contributed by atoms with van der Waals surface area (Å²) < 4.78 is 5.41. The molecule has 3 rings (SSSR count). The largest absolute Gasteiger partial charge is 0.496 e. The summed E-state index contributed by atoms with van der Waals surface area (Å²) in [4.78, 5) is 11.2. The van der Waals surface area contributed by atoms with E-state index < -0.39 is 0 Å². The molecule has 134 valence electrons. The van der Waals surface area contributed by atoms with Crippen LogP contribution in [0.15, 0.2) is 60.7 Å². The molecule has 0 saturated carbocycles. The predicted octanol–water partition coefficient (Wildman–Crippen LogP) is 4.22. The number of anilines is 3. The first-order valence-electron chi connectivity index (χ1n) is 8.67. The van der Waals surface area contributed by atoms with Crippen LogP contribution in [0, 0.1) is 6.92 Å². The van der Waals surface area contributed by atoms with Crippen LogP contribution in [0.25, 0.3) is 0 Å². The van der Waals surface area contributed by atoms with E-state index in [0.717, 1.165) is 35.9 Å². The van der Waals surface area contributed by atoms with Crippen LogP contribution in [0.5, 0.6) is 5.75 Å². The highest BCUT2D eigenvalue weighted by atomic mass is 16.5. The van der Waals surface area contributed by atoms with Gasteiger partial charge in [-0.15, -0.1) is 0 Å². The van der Waals surface area contributed by atoms with Crippen molar-refractivity contribution in [2.45, 2.75) is 13.3 Å². The van der Waals surface area contributed by atoms with E-state index in [1.165, 1.54) is 5.56 Å². The van der Waals surface area contributed by atoms with Crippen molar-refractivity contribution in [1.82, 2.24) is 9.97 Å². The van der Waals surface area contributed by atoms with E-state index in [1.807, 2.05) is 73.5 Å². The van der Waals surface area contributed by atoms with Crippen molar-refractivity contribution in [3.8, 4) is 5.75 Å². The van der Waals surface area contributed by atoms with Crippen molar-refractivity contribution >= 4 is 17.5 Å². The Morgan fingerprint density at radius 1 is 1.00 bits per heavy atom. The zero-order valence-electron chi connectivity index (χ0n) is 15.4. The molecule has 0 aliphatic rings. The number of aryl methyl sites for hydroxylation is 1. The van der Waals surface area contributed by atoms with Crippen LogP contribution >= 0.6 is 0 Å². The number of hydrogen-bond donors (Lipinski definition) is 1. The lowest BCUT2D eigenvalue weighted by atomic mass is 10.1. The van der Waals surface area contributed by atoms with Crippen LogP contribution in [-0.4, -0.2) is 30.7 Å². The van der Waals surface area contributed by atoms with Gasteiger partial charge < -0.3 is 15.0 Å². The van der Waals surface area contributed by atoms with Gasteiger partial charge >= 0.3 is 0 Å². The van der Waals surface area contributed by atoms with Gasteiger partial charge in [0.2, 0.25) is 5.95 Å².